The predicted molar refractivity (Wildman–Crippen MR) is 104 cm³/mol. The van der Waals surface area contributed by atoms with Gasteiger partial charge in [-0.25, -0.2) is 15.0 Å². The van der Waals surface area contributed by atoms with Crippen molar-refractivity contribution in [1.82, 2.24) is 23.9 Å². The summed E-state index contributed by atoms with van der Waals surface area (Å²) in [5.41, 5.74) is 3.33. The van der Waals surface area contributed by atoms with Crippen molar-refractivity contribution in [2.75, 3.05) is 5.32 Å². The second kappa shape index (κ2) is 6.42. The molecule has 128 valence electrons. The monoisotopic (exact) mass is 360 g/mol. The third-order valence-corrected chi connectivity index (χ3v) is 5.59. The minimum Gasteiger partial charge on any atom is -0.325 e. The van der Waals surface area contributed by atoms with Crippen LogP contribution in [0.1, 0.15) is 12.8 Å². The first-order valence-electron chi connectivity index (χ1n) is 8.48. The van der Waals surface area contributed by atoms with Crippen LogP contribution in [0.4, 0.5) is 11.6 Å². The lowest BCUT2D eigenvalue weighted by Crippen LogP contribution is -1.96. The SMILES string of the molecule is c1cc(Nc2cc(-c3cncc4c3ccn4SC3CC3)ccn2)ncn1. The van der Waals surface area contributed by atoms with Crippen molar-refractivity contribution >= 4 is 34.5 Å². The van der Waals surface area contributed by atoms with Gasteiger partial charge in [-0.2, -0.15) is 0 Å². The maximum absolute atomic E-state index is 4.47. The number of rotatable bonds is 5. The van der Waals surface area contributed by atoms with E-state index in [2.05, 4.69) is 41.5 Å². The van der Waals surface area contributed by atoms with Crippen molar-refractivity contribution in [2.24, 2.45) is 0 Å². The standard InChI is InChI=1S/C19H16N6S/c1-2-14(1)26-25-8-5-15-16(10-21-11-17(15)25)13-3-7-22-19(9-13)24-18-4-6-20-12-23-18/h3-12,14H,1-2H2,(H,20,22,23,24). The van der Waals surface area contributed by atoms with Crippen molar-refractivity contribution in [2.45, 2.75) is 18.1 Å². The molecule has 1 fully saturated rings. The van der Waals surface area contributed by atoms with Crippen LogP contribution < -0.4 is 5.32 Å². The number of fused-ring (bicyclic) bond motifs is 1. The second-order valence-corrected chi connectivity index (χ2v) is 7.49. The highest BCUT2D eigenvalue weighted by Crippen LogP contribution is 2.38. The van der Waals surface area contributed by atoms with Crippen molar-refractivity contribution < 1.29 is 0 Å². The van der Waals surface area contributed by atoms with E-state index >= 15 is 0 Å². The van der Waals surface area contributed by atoms with Crippen molar-refractivity contribution in [3.63, 3.8) is 0 Å². The van der Waals surface area contributed by atoms with E-state index in [-0.39, 0.29) is 0 Å². The minimum atomic E-state index is 0.716. The molecule has 1 saturated carbocycles. The molecule has 0 bridgehead atoms. The van der Waals surface area contributed by atoms with Gasteiger partial charge in [-0.05, 0) is 54.6 Å². The number of nitrogens with one attached hydrogen (secondary N) is 1. The van der Waals surface area contributed by atoms with Crippen LogP contribution in [0.2, 0.25) is 0 Å². The number of nitrogens with zero attached hydrogens (tertiary/aromatic N) is 5. The number of aromatic nitrogens is 5. The Bertz CT molecular complexity index is 1060. The van der Waals surface area contributed by atoms with Crippen LogP contribution in [0.5, 0.6) is 0 Å². The van der Waals surface area contributed by atoms with E-state index in [0.29, 0.717) is 5.82 Å². The zero-order valence-corrected chi connectivity index (χ0v) is 14.7. The summed E-state index contributed by atoms with van der Waals surface area (Å²) in [5.74, 6) is 1.46. The molecule has 0 aliphatic heterocycles. The first-order valence-corrected chi connectivity index (χ1v) is 9.32. The Kier molecular flexibility index (Phi) is 3.79. The van der Waals surface area contributed by atoms with E-state index in [1.54, 1.807) is 12.4 Å². The maximum Gasteiger partial charge on any atom is 0.134 e. The molecule has 0 saturated heterocycles. The average molecular weight is 360 g/mol. The van der Waals surface area contributed by atoms with Gasteiger partial charge in [0.15, 0.2) is 0 Å². The van der Waals surface area contributed by atoms with E-state index in [4.69, 9.17) is 0 Å². The lowest BCUT2D eigenvalue weighted by Gasteiger charge is -2.08. The highest BCUT2D eigenvalue weighted by Gasteiger charge is 2.23. The fraction of sp³-hybridized carbons (Fsp3) is 0.158. The largest absolute Gasteiger partial charge is 0.325 e. The Labute approximate surface area is 154 Å². The molecular weight excluding hydrogens is 344 g/mol. The molecule has 0 amide bonds. The summed E-state index contributed by atoms with van der Waals surface area (Å²) in [7, 11) is 0. The number of anilines is 2. The third-order valence-electron chi connectivity index (χ3n) is 4.28. The Balaban J connectivity index is 1.51. The first-order chi connectivity index (χ1) is 12.9. The molecule has 7 heteroatoms. The van der Waals surface area contributed by atoms with Gasteiger partial charge in [-0.3, -0.25) is 8.96 Å². The highest BCUT2D eigenvalue weighted by atomic mass is 32.2. The molecule has 1 aliphatic rings. The summed E-state index contributed by atoms with van der Waals surface area (Å²) in [5, 5.41) is 5.16. The summed E-state index contributed by atoms with van der Waals surface area (Å²) in [6.07, 6.45) is 13.6. The van der Waals surface area contributed by atoms with Crippen LogP contribution in [0.25, 0.3) is 22.0 Å². The zero-order valence-electron chi connectivity index (χ0n) is 13.9. The average Bonchev–Trinajstić information content (AvgIpc) is 3.41. The van der Waals surface area contributed by atoms with Crippen molar-refractivity contribution in [3.05, 3.63) is 61.6 Å². The molecule has 6 nitrogen and oxygen atoms in total. The molecule has 0 radical (unpaired) electrons. The molecule has 0 unspecified atom stereocenters. The van der Waals surface area contributed by atoms with Crippen LogP contribution in [-0.4, -0.2) is 29.2 Å². The second-order valence-electron chi connectivity index (χ2n) is 6.22. The Morgan fingerprint density at radius 1 is 1.00 bits per heavy atom. The lowest BCUT2D eigenvalue weighted by atomic mass is 10.1. The van der Waals surface area contributed by atoms with Crippen LogP contribution in [0.15, 0.2) is 61.6 Å². The number of pyridine rings is 2. The fourth-order valence-electron chi connectivity index (χ4n) is 2.85. The summed E-state index contributed by atoms with van der Waals surface area (Å²) in [4.78, 5) is 17.0. The topological polar surface area (TPSA) is 68.5 Å². The summed E-state index contributed by atoms with van der Waals surface area (Å²) in [6, 6.07) is 8.00. The highest BCUT2D eigenvalue weighted by molar-refractivity contribution is 7.98. The smallest absolute Gasteiger partial charge is 0.134 e. The van der Waals surface area contributed by atoms with Gasteiger partial charge >= 0.3 is 0 Å². The van der Waals surface area contributed by atoms with Gasteiger partial charge in [0.1, 0.15) is 18.0 Å². The third kappa shape index (κ3) is 3.01. The molecule has 4 aromatic rings. The van der Waals surface area contributed by atoms with Gasteiger partial charge in [-0.1, -0.05) is 0 Å². The molecule has 1 N–H and O–H groups in total. The van der Waals surface area contributed by atoms with Crippen LogP contribution >= 0.6 is 11.9 Å². The molecule has 0 atom stereocenters. The fourth-order valence-corrected chi connectivity index (χ4v) is 3.91. The lowest BCUT2D eigenvalue weighted by molar-refractivity contribution is 1.16. The molecule has 5 rings (SSSR count). The number of hydrogen-bond donors (Lipinski definition) is 1. The minimum absolute atomic E-state index is 0.716. The molecular formula is C19H16N6S. The van der Waals surface area contributed by atoms with Crippen LogP contribution in [0.3, 0.4) is 0 Å². The van der Waals surface area contributed by atoms with Gasteiger partial charge in [0.2, 0.25) is 0 Å². The molecule has 26 heavy (non-hydrogen) atoms. The van der Waals surface area contributed by atoms with Gasteiger partial charge in [0.25, 0.3) is 0 Å². The van der Waals surface area contributed by atoms with E-state index < -0.39 is 0 Å². The predicted octanol–water partition coefficient (Wildman–Crippen LogP) is 4.29. The van der Waals surface area contributed by atoms with E-state index in [0.717, 1.165) is 27.7 Å². The van der Waals surface area contributed by atoms with E-state index in [1.165, 1.54) is 24.6 Å². The molecule has 4 heterocycles. The maximum atomic E-state index is 4.47. The quantitative estimate of drug-likeness (QED) is 0.572. The summed E-state index contributed by atoms with van der Waals surface area (Å²) in [6.45, 7) is 0. The van der Waals surface area contributed by atoms with Crippen LogP contribution in [-0.2, 0) is 0 Å². The number of hydrogen-bond acceptors (Lipinski definition) is 6. The Hall–Kier alpha value is -2.93. The van der Waals surface area contributed by atoms with Gasteiger partial charge in [-0.15, -0.1) is 0 Å². The van der Waals surface area contributed by atoms with Gasteiger partial charge in [0, 0.05) is 41.0 Å². The van der Waals surface area contributed by atoms with Crippen LogP contribution in [0, 0.1) is 0 Å². The van der Waals surface area contributed by atoms with Crippen molar-refractivity contribution in [1.29, 1.82) is 0 Å². The summed E-state index contributed by atoms with van der Waals surface area (Å²) >= 11 is 1.89. The van der Waals surface area contributed by atoms with E-state index in [9.17, 15) is 0 Å². The Morgan fingerprint density at radius 3 is 2.81 bits per heavy atom. The molecule has 0 aromatic carbocycles. The van der Waals surface area contributed by atoms with Gasteiger partial charge in [0.05, 0.1) is 11.7 Å². The summed E-state index contributed by atoms with van der Waals surface area (Å²) < 4.78 is 2.24. The first kappa shape index (κ1) is 15.3. The zero-order chi connectivity index (χ0) is 17.3. The molecule has 4 aromatic heterocycles. The van der Waals surface area contributed by atoms with E-state index in [1.807, 2.05) is 42.5 Å². The molecule has 1 aliphatic carbocycles. The van der Waals surface area contributed by atoms with Crippen molar-refractivity contribution in [3.8, 4) is 11.1 Å². The molecule has 0 spiro atoms. The van der Waals surface area contributed by atoms with Gasteiger partial charge < -0.3 is 5.32 Å². The Morgan fingerprint density at radius 2 is 1.96 bits per heavy atom. The normalized spacial score (nSPS) is 13.8.